The van der Waals surface area contributed by atoms with Gasteiger partial charge in [-0.3, -0.25) is 4.79 Å². The number of anilines is 1. The highest BCUT2D eigenvalue weighted by Gasteiger charge is 2.17. The SMILES string of the molecule is COc1ccc(C(C)(C)C)cc1NC(=O)COc1c(C)cccc1C. The fourth-order valence-electron chi connectivity index (χ4n) is 2.62. The van der Waals surface area contributed by atoms with Gasteiger partial charge in [0.05, 0.1) is 12.8 Å². The molecule has 0 saturated heterocycles. The molecule has 2 aromatic rings. The topological polar surface area (TPSA) is 47.6 Å². The van der Waals surface area contributed by atoms with Gasteiger partial charge in [-0.15, -0.1) is 0 Å². The molecule has 0 heterocycles. The van der Waals surface area contributed by atoms with Crippen LogP contribution in [0.1, 0.15) is 37.5 Å². The van der Waals surface area contributed by atoms with Crippen molar-refractivity contribution in [2.75, 3.05) is 19.0 Å². The highest BCUT2D eigenvalue weighted by molar-refractivity contribution is 5.93. The van der Waals surface area contributed by atoms with Crippen LogP contribution < -0.4 is 14.8 Å². The van der Waals surface area contributed by atoms with Gasteiger partial charge in [0, 0.05) is 0 Å². The van der Waals surface area contributed by atoms with Gasteiger partial charge in [-0.25, -0.2) is 0 Å². The Labute approximate surface area is 150 Å². The molecule has 0 fully saturated rings. The Hall–Kier alpha value is -2.49. The van der Waals surface area contributed by atoms with Crippen LogP contribution >= 0.6 is 0 Å². The number of nitrogens with one attached hydrogen (secondary N) is 1. The maximum atomic E-state index is 12.3. The molecule has 134 valence electrons. The smallest absolute Gasteiger partial charge is 0.262 e. The number of aryl methyl sites for hydroxylation is 2. The van der Waals surface area contributed by atoms with E-state index in [0.29, 0.717) is 11.4 Å². The van der Waals surface area contributed by atoms with Crippen LogP contribution in [0.5, 0.6) is 11.5 Å². The van der Waals surface area contributed by atoms with E-state index in [1.54, 1.807) is 7.11 Å². The zero-order valence-electron chi connectivity index (χ0n) is 15.9. The van der Waals surface area contributed by atoms with Gasteiger partial charge in [-0.2, -0.15) is 0 Å². The van der Waals surface area contributed by atoms with Crippen molar-refractivity contribution in [2.45, 2.75) is 40.0 Å². The molecule has 0 aliphatic carbocycles. The third-order valence-corrected chi connectivity index (χ3v) is 4.10. The molecule has 0 saturated carbocycles. The van der Waals surface area contributed by atoms with Crippen LogP contribution in [-0.4, -0.2) is 19.6 Å². The molecule has 0 aliphatic rings. The quantitative estimate of drug-likeness (QED) is 0.863. The summed E-state index contributed by atoms with van der Waals surface area (Å²) in [6.45, 7) is 10.3. The van der Waals surface area contributed by atoms with Gasteiger partial charge < -0.3 is 14.8 Å². The standard InChI is InChI=1S/C21H27NO3/c1-14-8-7-9-15(2)20(14)25-13-19(23)22-17-12-16(21(3,4)5)10-11-18(17)24-6/h7-12H,13H2,1-6H3,(H,22,23). The number of rotatable bonds is 5. The lowest BCUT2D eigenvalue weighted by Gasteiger charge is -2.21. The van der Waals surface area contributed by atoms with Crippen LogP contribution in [0, 0.1) is 13.8 Å². The van der Waals surface area contributed by atoms with Crippen LogP contribution in [0.3, 0.4) is 0 Å². The third-order valence-electron chi connectivity index (χ3n) is 4.10. The van der Waals surface area contributed by atoms with E-state index in [4.69, 9.17) is 9.47 Å². The molecular formula is C21H27NO3. The zero-order valence-corrected chi connectivity index (χ0v) is 15.9. The van der Waals surface area contributed by atoms with Crippen molar-refractivity contribution in [3.63, 3.8) is 0 Å². The molecule has 0 spiro atoms. The molecule has 0 unspecified atom stereocenters. The zero-order chi connectivity index (χ0) is 18.6. The Balaban J connectivity index is 2.12. The Morgan fingerprint density at radius 3 is 2.28 bits per heavy atom. The van der Waals surface area contributed by atoms with E-state index in [9.17, 15) is 4.79 Å². The summed E-state index contributed by atoms with van der Waals surface area (Å²) in [6.07, 6.45) is 0. The maximum Gasteiger partial charge on any atom is 0.262 e. The molecule has 0 aromatic heterocycles. The summed E-state index contributed by atoms with van der Waals surface area (Å²) in [5.41, 5.74) is 3.80. The third kappa shape index (κ3) is 4.75. The molecule has 4 nitrogen and oxygen atoms in total. The van der Waals surface area contributed by atoms with Crippen LogP contribution in [0.25, 0.3) is 0 Å². The molecule has 0 aliphatic heterocycles. The number of hydrogen-bond acceptors (Lipinski definition) is 3. The lowest BCUT2D eigenvalue weighted by molar-refractivity contribution is -0.118. The summed E-state index contributed by atoms with van der Waals surface area (Å²) in [5.74, 6) is 1.17. The molecule has 2 aromatic carbocycles. The average molecular weight is 341 g/mol. The van der Waals surface area contributed by atoms with Crippen molar-refractivity contribution in [3.05, 3.63) is 53.1 Å². The lowest BCUT2D eigenvalue weighted by Crippen LogP contribution is -2.21. The van der Waals surface area contributed by atoms with Gasteiger partial charge >= 0.3 is 0 Å². The molecule has 1 N–H and O–H groups in total. The Morgan fingerprint density at radius 2 is 1.72 bits per heavy atom. The second-order valence-electron chi connectivity index (χ2n) is 7.22. The minimum atomic E-state index is -0.216. The van der Waals surface area contributed by atoms with E-state index in [1.165, 1.54) is 0 Å². The van der Waals surface area contributed by atoms with Gasteiger partial charge in [0.15, 0.2) is 6.61 Å². The molecule has 2 rings (SSSR count). The minimum Gasteiger partial charge on any atom is -0.495 e. The first-order chi connectivity index (χ1) is 11.7. The number of hydrogen-bond donors (Lipinski definition) is 1. The van der Waals surface area contributed by atoms with E-state index in [1.807, 2.05) is 50.2 Å². The second kappa shape index (κ2) is 7.60. The Kier molecular flexibility index (Phi) is 5.73. The van der Waals surface area contributed by atoms with Crippen LogP contribution in [0.4, 0.5) is 5.69 Å². The average Bonchev–Trinajstić information content (AvgIpc) is 2.53. The predicted molar refractivity (Wildman–Crippen MR) is 102 cm³/mol. The maximum absolute atomic E-state index is 12.3. The van der Waals surface area contributed by atoms with E-state index in [-0.39, 0.29) is 17.9 Å². The molecule has 0 atom stereocenters. The predicted octanol–water partition coefficient (Wildman–Crippen LogP) is 4.63. The first-order valence-corrected chi connectivity index (χ1v) is 8.39. The monoisotopic (exact) mass is 341 g/mol. The Bertz CT molecular complexity index is 740. The number of amides is 1. The largest absolute Gasteiger partial charge is 0.495 e. The van der Waals surface area contributed by atoms with E-state index >= 15 is 0 Å². The van der Waals surface area contributed by atoms with Crippen LogP contribution in [-0.2, 0) is 10.2 Å². The Morgan fingerprint density at radius 1 is 1.08 bits per heavy atom. The summed E-state index contributed by atoms with van der Waals surface area (Å²) in [7, 11) is 1.59. The summed E-state index contributed by atoms with van der Waals surface area (Å²) in [5, 5.41) is 2.89. The van der Waals surface area contributed by atoms with Crippen LogP contribution in [0.2, 0.25) is 0 Å². The highest BCUT2D eigenvalue weighted by atomic mass is 16.5. The number of ether oxygens (including phenoxy) is 2. The lowest BCUT2D eigenvalue weighted by atomic mass is 9.87. The number of benzene rings is 2. The summed E-state index contributed by atoms with van der Waals surface area (Å²) < 4.78 is 11.1. The van der Waals surface area contributed by atoms with Crippen molar-refractivity contribution >= 4 is 11.6 Å². The normalized spacial score (nSPS) is 11.1. The van der Waals surface area contributed by atoms with Crippen molar-refractivity contribution in [2.24, 2.45) is 0 Å². The second-order valence-corrected chi connectivity index (χ2v) is 7.22. The first-order valence-electron chi connectivity index (χ1n) is 8.39. The van der Waals surface area contributed by atoms with E-state index < -0.39 is 0 Å². The summed E-state index contributed by atoms with van der Waals surface area (Å²) in [6, 6.07) is 11.8. The number of para-hydroxylation sites is 1. The van der Waals surface area contributed by atoms with Crippen LogP contribution in [0.15, 0.2) is 36.4 Å². The molecule has 25 heavy (non-hydrogen) atoms. The molecule has 1 amide bonds. The molecule has 0 bridgehead atoms. The summed E-state index contributed by atoms with van der Waals surface area (Å²) in [4.78, 5) is 12.3. The van der Waals surface area contributed by atoms with Gasteiger partial charge in [0.25, 0.3) is 5.91 Å². The number of carbonyl (C=O) groups excluding carboxylic acids is 1. The number of methoxy groups -OCH3 is 1. The van der Waals surface area contributed by atoms with Gasteiger partial charge in [-0.05, 0) is 48.1 Å². The highest BCUT2D eigenvalue weighted by Crippen LogP contribution is 2.31. The molecule has 4 heteroatoms. The minimum absolute atomic E-state index is 0.0134. The van der Waals surface area contributed by atoms with Crippen molar-refractivity contribution in [1.29, 1.82) is 0 Å². The molecule has 0 radical (unpaired) electrons. The fourth-order valence-corrected chi connectivity index (χ4v) is 2.62. The van der Waals surface area contributed by atoms with Gasteiger partial charge in [-0.1, -0.05) is 45.0 Å². The van der Waals surface area contributed by atoms with Crippen molar-refractivity contribution in [3.8, 4) is 11.5 Å². The first kappa shape index (κ1) is 18.8. The van der Waals surface area contributed by atoms with Gasteiger partial charge in [0.1, 0.15) is 11.5 Å². The van der Waals surface area contributed by atoms with E-state index in [0.717, 1.165) is 22.4 Å². The van der Waals surface area contributed by atoms with Crippen molar-refractivity contribution in [1.82, 2.24) is 0 Å². The fraction of sp³-hybridized carbons (Fsp3) is 0.381. The van der Waals surface area contributed by atoms with Crippen molar-refractivity contribution < 1.29 is 14.3 Å². The number of carbonyl (C=O) groups is 1. The van der Waals surface area contributed by atoms with Gasteiger partial charge in [0.2, 0.25) is 0 Å². The summed E-state index contributed by atoms with van der Waals surface area (Å²) >= 11 is 0. The molecular weight excluding hydrogens is 314 g/mol. The van der Waals surface area contributed by atoms with E-state index in [2.05, 4.69) is 26.1 Å².